The van der Waals surface area contributed by atoms with Crippen molar-refractivity contribution in [2.75, 3.05) is 26.2 Å². The minimum Gasteiger partial charge on any atom is -0.335 e. The second-order valence-corrected chi connectivity index (χ2v) is 10.0. The number of aromatic nitrogens is 3. The zero-order valence-corrected chi connectivity index (χ0v) is 19.7. The molecule has 0 atom stereocenters. The summed E-state index contributed by atoms with van der Waals surface area (Å²) in [7, 11) is 0. The first kappa shape index (κ1) is 21.7. The van der Waals surface area contributed by atoms with Crippen molar-refractivity contribution in [1.82, 2.24) is 24.6 Å². The minimum atomic E-state index is -0.142. The van der Waals surface area contributed by atoms with E-state index < -0.39 is 0 Å². The van der Waals surface area contributed by atoms with Gasteiger partial charge in [0.25, 0.3) is 11.5 Å². The number of amides is 1. The molecule has 3 heterocycles. The normalized spacial score (nSPS) is 15.1. The summed E-state index contributed by atoms with van der Waals surface area (Å²) in [5.74, 6) is 0.147. The minimum absolute atomic E-state index is 0.108. The van der Waals surface area contributed by atoms with Crippen LogP contribution in [0.1, 0.15) is 29.3 Å². The van der Waals surface area contributed by atoms with Gasteiger partial charge in [-0.1, -0.05) is 44.2 Å². The summed E-state index contributed by atoms with van der Waals surface area (Å²) in [6.07, 6.45) is 0. The third kappa shape index (κ3) is 4.41. The Morgan fingerprint density at radius 1 is 1.00 bits per heavy atom. The van der Waals surface area contributed by atoms with Crippen molar-refractivity contribution in [2.45, 2.75) is 26.9 Å². The van der Waals surface area contributed by atoms with E-state index >= 15 is 0 Å². The maximum atomic E-state index is 13.5. The number of benzene rings is 2. The standard InChI is InChI=1S/C25H27N5O2S/c1-17(2)15-30-24(31)19-8-4-3-7-18(19)23(27-30)25(32)29-13-11-28(12-14-29)16-22-26-20-9-5-6-10-21(20)33-22/h3-10,17H,11-16H2,1-2H3. The quantitative estimate of drug-likeness (QED) is 0.454. The average molecular weight is 462 g/mol. The second kappa shape index (κ2) is 9.03. The third-order valence-electron chi connectivity index (χ3n) is 5.96. The van der Waals surface area contributed by atoms with Gasteiger partial charge in [-0.15, -0.1) is 11.3 Å². The van der Waals surface area contributed by atoms with Gasteiger partial charge in [0.2, 0.25) is 0 Å². The molecule has 1 aliphatic heterocycles. The van der Waals surface area contributed by atoms with E-state index in [1.54, 1.807) is 17.4 Å². The second-order valence-electron chi connectivity index (χ2n) is 8.92. The third-order valence-corrected chi connectivity index (χ3v) is 6.99. The highest BCUT2D eigenvalue weighted by molar-refractivity contribution is 7.18. The van der Waals surface area contributed by atoms with Crippen molar-refractivity contribution in [3.63, 3.8) is 0 Å². The van der Waals surface area contributed by atoms with E-state index in [9.17, 15) is 9.59 Å². The number of piperazine rings is 1. The summed E-state index contributed by atoms with van der Waals surface area (Å²) >= 11 is 1.73. The van der Waals surface area contributed by atoms with Crippen molar-refractivity contribution < 1.29 is 4.79 Å². The zero-order chi connectivity index (χ0) is 22.9. The number of fused-ring (bicyclic) bond motifs is 2. The fraction of sp³-hybridized carbons (Fsp3) is 0.360. The smallest absolute Gasteiger partial charge is 0.275 e. The monoisotopic (exact) mass is 461 g/mol. The van der Waals surface area contributed by atoms with E-state index in [2.05, 4.69) is 16.1 Å². The van der Waals surface area contributed by atoms with Crippen LogP contribution in [-0.2, 0) is 13.1 Å². The Hall–Kier alpha value is -3.10. The summed E-state index contributed by atoms with van der Waals surface area (Å²) in [6, 6.07) is 15.5. The Kier molecular flexibility index (Phi) is 5.95. The van der Waals surface area contributed by atoms with E-state index in [0.717, 1.165) is 30.2 Å². The molecule has 1 saturated heterocycles. The largest absolute Gasteiger partial charge is 0.335 e. The SMILES string of the molecule is CC(C)Cn1nc(C(=O)N2CCN(Cc3nc4ccccc4s3)CC2)c2ccccc2c1=O. The van der Waals surface area contributed by atoms with Crippen LogP contribution >= 0.6 is 11.3 Å². The van der Waals surface area contributed by atoms with Crippen molar-refractivity contribution in [2.24, 2.45) is 5.92 Å². The number of carbonyl (C=O) groups is 1. The van der Waals surface area contributed by atoms with Crippen LogP contribution in [0.4, 0.5) is 0 Å². The molecule has 2 aromatic heterocycles. The molecule has 0 unspecified atom stereocenters. The van der Waals surface area contributed by atoms with Gasteiger partial charge < -0.3 is 4.90 Å². The molecule has 1 aliphatic rings. The number of nitrogens with zero attached hydrogens (tertiary/aromatic N) is 5. The zero-order valence-electron chi connectivity index (χ0n) is 18.9. The molecule has 0 spiro atoms. The maximum absolute atomic E-state index is 13.5. The van der Waals surface area contributed by atoms with Crippen LogP contribution in [-0.4, -0.2) is 56.7 Å². The van der Waals surface area contributed by atoms with Crippen LogP contribution in [0.2, 0.25) is 0 Å². The summed E-state index contributed by atoms with van der Waals surface area (Å²) in [6.45, 7) is 8.18. The van der Waals surface area contributed by atoms with Crippen molar-refractivity contribution in [3.05, 3.63) is 69.6 Å². The number of hydrogen-bond acceptors (Lipinski definition) is 6. The van der Waals surface area contributed by atoms with E-state index in [4.69, 9.17) is 4.98 Å². The summed E-state index contributed by atoms with van der Waals surface area (Å²) in [5, 5.41) is 6.80. The van der Waals surface area contributed by atoms with E-state index in [-0.39, 0.29) is 17.4 Å². The summed E-state index contributed by atoms with van der Waals surface area (Å²) in [5.41, 5.74) is 1.27. The summed E-state index contributed by atoms with van der Waals surface area (Å²) in [4.78, 5) is 35.3. The van der Waals surface area contributed by atoms with E-state index in [1.807, 2.05) is 55.1 Å². The van der Waals surface area contributed by atoms with Gasteiger partial charge in [0.15, 0.2) is 5.69 Å². The molecule has 8 heteroatoms. The highest BCUT2D eigenvalue weighted by atomic mass is 32.1. The van der Waals surface area contributed by atoms with Crippen molar-refractivity contribution in [1.29, 1.82) is 0 Å². The van der Waals surface area contributed by atoms with E-state index in [1.165, 1.54) is 9.38 Å². The molecule has 170 valence electrons. The van der Waals surface area contributed by atoms with E-state index in [0.29, 0.717) is 36.1 Å². The van der Waals surface area contributed by atoms with Gasteiger partial charge in [-0.2, -0.15) is 5.10 Å². The van der Waals surface area contributed by atoms with Crippen LogP contribution in [0.5, 0.6) is 0 Å². The predicted octanol–water partition coefficient (Wildman–Crippen LogP) is 3.62. The predicted molar refractivity (Wildman–Crippen MR) is 132 cm³/mol. The Labute approximate surface area is 196 Å². The number of carbonyl (C=O) groups excluding carboxylic acids is 1. The lowest BCUT2D eigenvalue weighted by Crippen LogP contribution is -2.48. The lowest BCUT2D eigenvalue weighted by Gasteiger charge is -2.34. The molecule has 2 aromatic carbocycles. The highest BCUT2D eigenvalue weighted by Gasteiger charge is 2.26. The number of para-hydroxylation sites is 1. The fourth-order valence-corrected chi connectivity index (χ4v) is 5.31. The topological polar surface area (TPSA) is 71.3 Å². The van der Waals surface area contributed by atoms with Crippen LogP contribution in [0.3, 0.4) is 0 Å². The first-order valence-corrected chi connectivity index (χ1v) is 12.2. The van der Waals surface area contributed by atoms with Gasteiger partial charge in [0.1, 0.15) is 5.01 Å². The molecule has 33 heavy (non-hydrogen) atoms. The van der Waals surface area contributed by atoms with Crippen LogP contribution < -0.4 is 5.56 Å². The van der Waals surface area contributed by atoms with Crippen LogP contribution in [0, 0.1) is 5.92 Å². The van der Waals surface area contributed by atoms with Crippen LogP contribution in [0.15, 0.2) is 53.3 Å². The highest BCUT2D eigenvalue weighted by Crippen LogP contribution is 2.23. The average Bonchev–Trinajstić information content (AvgIpc) is 3.23. The Balaban J connectivity index is 1.33. The molecule has 7 nitrogen and oxygen atoms in total. The molecule has 1 fully saturated rings. The van der Waals surface area contributed by atoms with Gasteiger partial charge in [-0.25, -0.2) is 9.67 Å². The van der Waals surface area contributed by atoms with Gasteiger partial charge >= 0.3 is 0 Å². The number of hydrogen-bond donors (Lipinski definition) is 0. The fourth-order valence-electron chi connectivity index (χ4n) is 4.30. The summed E-state index contributed by atoms with van der Waals surface area (Å²) < 4.78 is 2.65. The molecule has 4 aromatic rings. The molecule has 0 saturated carbocycles. The van der Waals surface area contributed by atoms with Crippen LogP contribution in [0.25, 0.3) is 21.0 Å². The molecule has 0 aliphatic carbocycles. The lowest BCUT2D eigenvalue weighted by atomic mass is 10.1. The number of rotatable bonds is 5. The molecule has 0 N–H and O–H groups in total. The Morgan fingerprint density at radius 3 is 2.42 bits per heavy atom. The molecule has 0 bridgehead atoms. The maximum Gasteiger partial charge on any atom is 0.275 e. The molecule has 1 amide bonds. The van der Waals surface area contributed by atoms with Gasteiger partial charge in [-0.05, 0) is 24.1 Å². The lowest BCUT2D eigenvalue weighted by molar-refractivity contribution is 0.0622. The molecular weight excluding hydrogens is 434 g/mol. The number of thiazole rings is 1. The molecular formula is C25H27N5O2S. The molecule has 0 radical (unpaired) electrons. The van der Waals surface area contributed by atoms with Gasteiger partial charge in [-0.3, -0.25) is 14.5 Å². The molecule has 5 rings (SSSR count). The van der Waals surface area contributed by atoms with Gasteiger partial charge in [0, 0.05) is 38.1 Å². The van der Waals surface area contributed by atoms with Gasteiger partial charge in [0.05, 0.1) is 22.1 Å². The van der Waals surface area contributed by atoms with Crippen molar-refractivity contribution >= 4 is 38.2 Å². The first-order chi connectivity index (χ1) is 16.0. The Morgan fingerprint density at radius 2 is 1.70 bits per heavy atom. The first-order valence-electron chi connectivity index (χ1n) is 11.4. The van der Waals surface area contributed by atoms with Crippen molar-refractivity contribution in [3.8, 4) is 0 Å². The Bertz CT molecular complexity index is 1340.